The number of benzene rings is 1. The van der Waals surface area contributed by atoms with E-state index >= 15 is 0 Å². The number of ether oxygens (including phenoxy) is 1. The third-order valence-electron chi connectivity index (χ3n) is 2.90. The van der Waals surface area contributed by atoms with Crippen LogP contribution in [0.1, 0.15) is 20.3 Å². The van der Waals surface area contributed by atoms with Crippen LogP contribution in [-0.2, 0) is 9.59 Å². The molecule has 120 valence electrons. The number of para-hydroxylation sites is 2. The maximum Gasteiger partial charge on any atom is 0.326 e. The summed E-state index contributed by atoms with van der Waals surface area (Å²) >= 11 is 0. The van der Waals surface area contributed by atoms with Crippen LogP contribution in [0, 0.1) is 16.0 Å². The molecule has 8 nitrogen and oxygen atoms in total. The number of carbonyl (C=O) groups is 2. The quantitative estimate of drug-likeness (QED) is 0.556. The number of aliphatic carboxylic acids is 1. The maximum atomic E-state index is 11.7. The van der Waals surface area contributed by atoms with Gasteiger partial charge in [0.05, 0.1) is 18.0 Å². The molecule has 0 aliphatic heterocycles. The van der Waals surface area contributed by atoms with E-state index < -0.39 is 22.8 Å². The number of carboxylic acids is 1. The van der Waals surface area contributed by atoms with Gasteiger partial charge < -0.3 is 15.2 Å². The number of rotatable bonds is 8. The maximum absolute atomic E-state index is 11.7. The van der Waals surface area contributed by atoms with Crippen molar-refractivity contribution in [2.24, 2.45) is 5.92 Å². The molecule has 0 aliphatic carbocycles. The van der Waals surface area contributed by atoms with Crippen molar-refractivity contribution in [3.05, 3.63) is 34.4 Å². The summed E-state index contributed by atoms with van der Waals surface area (Å²) in [6, 6.07) is 4.86. The molecule has 2 N–H and O–H groups in total. The van der Waals surface area contributed by atoms with Crippen LogP contribution in [0.2, 0.25) is 0 Å². The predicted molar refractivity (Wildman–Crippen MR) is 77.6 cm³/mol. The lowest BCUT2D eigenvalue weighted by atomic mass is 10.0. The van der Waals surface area contributed by atoms with Gasteiger partial charge in [0.25, 0.3) is 0 Å². The van der Waals surface area contributed by atoms with Crippen LogP contribution in [0.3, 0.4) is 0 Å². The summed E-state index contributed by atoms with van der Waals surface area (Å²) in [5, 5.41) is 22.2. The Balaban J connectivity index is 2.52. The second-order valence-electron chi connectivity index (χ2n) is 4.95. The first kappa shape index (κ1) is 17.4. The van der Waals surface area contributed by atoms with E-state index in [2.05, 4.69) is 5.32 Å². The number of carboxylic acid groups (broad SMARTS) is 1. The minimum Gasteiger partial charge on any atom is -0.486 e. The summed E-state index contributed by atoms with van der Waals surface area (Å²) in [6.45, 7) is 3.28. The third kappa shape index (κ3) is 5.04. The molecule has 0 aliphatic rings. The van der Waals surface area contributed by atoms with E-state index in [4.69, 9.17) is 9.84 Å². The van der Waals surface area contributed by atoms with Gasteiger partial charge >= 0.3 is 11.7 Å². The molecule has 0 heterocycles. The summed E-state index contributed by atoms with van der Waals surface area (Å²) in [5.41, 5.74) is -0.187. The third-order valence-corrected chi connectivity index (χ3v) is 2.90. The van der Waals surface area contributed by atoms with Crippen LogP contribution in [0.25, 0.3) is 0 Å². The molecule has 0 aromatic heterocycles. The number of amides is 1. The molecule has 0 radical (unpaired) electrons. The normalized spacial score (nSPS) is 11.8. The lowest BCUT2D eigenvalue weighted by Gasteiger charge is -2.17. The Hall–Kier alpha value is -2.64. The Kier molecular flexibility index (Phi) is 6.30. The number of hydrogen-bond donors (Lipinski definition) is 2. The van der Waals surface area contributed by atoms with Gasteiger partial charge in [-0.3, -0.25) is 14.9 Å². The van der Waals surface area contributed by atoms with Crippen LogP contribution >= 0.6 is 0 Å². The average molecular weight is 310 g/mol. The zero-order valence-electron chi connectivity index (χ0n) is 12.3. The highest BCUT2D eigenvalue weighted by Crippen LogP contribution is 2.25. The molecule has 1 atom stereocenters. The van der Waals surface area contributed by atoms with Crippen LogP contribution in [0.5, 0.6) is 5.75 Å². The van der Waals surface area contributed by atoms with E-state index in [0.717, 1.165) is 0 Å². The first-order valence-electron chi connectivity index (χ1n) is 6.71. The Morgan fingerprint density at radius 1 is 1.36 bits per heavy atom. The van der Waals surface area contributed by atoms with Crippen LogP contribution < -0.4 is 10.1 Å². The molecule has 8 heteroatoms. The zero-order valence-corrected chi connectivity index (χ0v) is 12.3. The summed E-state index contributed by atoms with van der Waals surface area (Å²) < 4.78 is 5.22. The van der Waals surface area contributed by atoms with E-state index in [1.54, 1.807) is 19.9 Å². The van der Waals surface area contributed by atoms with E-state index in [1.165, 1.54) is 18.2 Å². The van der Waals surface area contributed by atoms with Gasteiger partial charge in [0.1, 0.15) is 6.04 Å². The lowest BCUT2D eigenvalue weighted by molar-refractivity contribution is -0.385. The highest BCUT2D eigenvalue weighted by atomic mass is 16.6. The van der Waals surface area contributed by atoms with Crippen LogP contribution in [0.15, 0.2) is 24.3 Å². The fourth-order valence-electron chi connectivity index (χ4n) is 1.74. The highest BCUT2D eigenvalue weighted by Gasteiger charge is 2.23. The molecule has 1 aromatic carbocycles. The lowest BCUT2D eigenvalue weighted by Crippen LogP contribution is -2.44. The summed E-state index contributed by atoms with van der Waals surface area (Å²) in [6.07, 6.45) is -0.0947. The van der Waals surface area contributed by atoms with Gasteiger partial charge in [-0.05, 0) is 12.0 Å². The van der Waals surface area contributed by atoms with Crippen molar-refractivity contribution in [1.29, 1.82) is 0 Å². The van der Waals surface area contributed by atoms with Crippen molar-refractivity contribution in [1.82, 2.24) is 5.32 Å². The molecule has 0 saturated carbocycles. The monoisotopic (exact) mass is 310 g/mol. The Labute approximate surface area is 127 Å². The van der Waals surface area contributed by atoms with Crippen molar-refractivity contribution in [3.63, 3.8) is 0 Å². The number of nitrogens with one attached hydrogen (secondary N) is 1. The Bertz CT molecular complexity index is 558. The predicted octanol–water partition coefficient (Wildman–Crippen LogP) is 1.59. The van der Waals surface area contributed by atoms with Gasteiger partial charge in [0.15, 0.2) is 5.75 Å². The largest absolute Gasteiger partial charge is 0.486 e. The topological polar surface area (TPSA) is 119 Å². The molecule has 0 fully saturated rings. The SMILES string of the molecule is CC(C)[C@@H](NC(=O)CCOc1ccccc1[N+](=O)[O-])C(=O)O. The standard InChI is InChI=1S/C14H18N2O6/c1-9(2)13(14(18)19)15-12(17)7-8-22-11-6-4-3-5-10(11)16(20)21/h3-6,9,13H,7-8H2,1-2H3,(H,15,17)(H,18,19)/t13-/m1/s1. The number of carbonyl (C=O) groups excluding carboxylic acids is 1. The number of nitro groups is 1. The summed E-state index contributed by atoms with van der Waals surface area (Å²) in [4.78, 5) is 32.9. The highest BCUT2D eigenvalue weighted by molar-refractivity contribution is 5.83. The second-order valence-corrected chi connectivity index (χ2v) is 4.95. The molecule has 0 unspecified atom stereocenters. The fourth-order valence-corrected chi connectivity index (χ4v) is 1.74. The van der Waals surface area contributed by atoms with Gasteiger partial charge in [0.2, 0.25) is 5.91 Å². The van der Waals surface area contributed by atoms with Crippen molar-refractivity contribution in [3.8, 4) is 5.75 Å². The number of nitro benzene ring substituents is 1. The molecule has 0 saturated heterocycles. The second kappa shape index (κ2) is 7.96. The van der Waals surface area contributed by atoms with Gasteiger partial charge in [-0.2, -0.15) is 0 Å². The van der Waals surface area contributed by atoms with Crippen molar-refractivity contribution >= 4 is 17.6 Å². The van der Waals surface area contributed by atoms with Gasteiger partial charge in [-0.15, -0.1) is 0 Å². The minimum atomic E-state index is -1.11. The van der Waals surface area contributed by atoms with E-state index in [1.807, 2.05) is 0 Å². The molecular weight excluding hydrogens is 292 g/mol. The first-order valence-corrected chi connectivity index (χ1v) is 6.71. The van der Waals surface area contributed by atoms with Crippen molar-refractivity contribution in [2.75, 3.05) is 6.61 Å². The van der Waals surface area contributed by atoms with Crippen molar-refractivity contribution < 1.29 is 24.4 Å². The van der Waals surface area contributed by atoms with Crippen LogP contribution in [0.4, 0.5) is 5.69 Å². The minimum absolute atomic E-state index is 0.0685. The molecular formula is C14H18N2O6. The summed E-state index contributed by atoms with van der Waals surface area (Å²) in [5.74, 6) is -1.78. The van der Waals surface area contributed by atoms with Gasteiger partial charge in [-0.1, -0.05) is 26.0 Å². The molecule has 1 amide bonds. The van der Waals surface area contributed by atoms with E-state index in [-0.39, 0.29) is 30.4 Å². The van der Waals surface area contributed by atoms with Crippen molar-refractivity contribution in [2.45, 2.75) is 26.3 Å². The molecule has 1 rings (SSSR count). The van der Waals surface area contributed by atoms with Crippen LogP contribution in [-0.4, -0.2) is 34.6 Å². The van der Waals surface area contributed by atoms with Gasteiger partial charge in [0, 0.05) is 6.07 Å². The molecule has 1 aromatic rings. The first-order chi connectivity index (χ1) is 10.3. The molecule has 22 heavy (non-hydrogen) atoms. The zero-order chi connectivity index (χ0) is 16.7. The number of nitrogens with zero attached hydrogens (tertiary/aromatic N) is 1. The van der Waals surface area contributed by atoms with E-state index in [0.29, 0.717) is 0 Å². The Morgan fingerprint density at radius 3 is 2.55 bits per heavy atom. The van der Waals surface area contributed by atoms with E-state index in [9.17, 15) is 19.7 Å². The summed E-state index contributed by atoms with van der Waals surface area (Å²) in [7, 11) is 0. The average Bonchev–Trinajstić information content (AvgIpc) is 2.44. The molecule has 0 spiro atoms. The Morgan fingerprint density at radius 2 is 2.00 bits per heavy atom. The fraction of sp³-hybridized carbons (Fsp3) is 0.429. The number of hydrogen-bond acceptors (Lipinski definition) is 5. The molecule has 0 bridgehead atoms. The van der Waals surface area contributed by atoms with Gasteiger partial charge in [-0.25, -0.2) is 4.79 Å². The smallest absolute Gasteiger partial charge is 0.326 e.